The molecule has 0 saturated heterocycles. The lowest BCUT2D eigenvalue weighted by atomic mass is 10.1. The summed E-state index contributed by atoms with van der Waals surface area (Å²) in [5.41, 5.74) is 10.3. The highest BCUT2D eigenvalue weighted by Crippen LogP contribution is 2.19. The maximum absolute atomic E-state index is 12.8. The van der Waals surface area contributed by atoms with Gasteiger partial charge in [-0.15, -0.1) is 0 Å². The second-order valence-corrected chi connectivity index (χ2v) is 9.73. The first-order valence-electron chi connectivity index (χ1n) is 13.3. The van der Waals surface area contributed by atoms with E-state index in [9.17, 15) is 14.4 Å². The van der Waals surface area contributed by atoms with E-state index in [2.05, 4.69) is 31.2 Å². The average Bonchev–Trinajstić information content (AvgIpc) is 2.98. The fraction of sp³-hybridized carbons (Fsp3) is 0.0625. The van der Waals surface area contributed by atoms with Crippen molar-refractivity contribution >= 4 is 52.2 Å². The Balaban J connectivity index is 0.00000276. The van der Waals surface area contributed by atoms with Crippen molar-refractivity contribution in [1.82, 2.24) is 9.97 Å². The lowest BCUT2D eigenvalue weighted by molar-refractivity contribution is -0.670. The number of nitrogens with two attached hydrogens (primary N) is 1. The molecule has 3 aromatic carbocycles. The molecule has 0 aliphatic heterocycles. The van der Waals surface area contributed by atoms with Gasteiger partial charge in [-0.3, -0.25) is 14.4 Å². The van der Waals surface area contributed by atoms with Crippen LogP contribution in [0, 0.1) is 6.92 Å². The highest BCUT2D eigenvalue weighted by Gasteiger charge is 2.11. The Morgan fingerprint density at radius 1 is 0.644 bits per heavy atom. The van der Waals surface area contributed by atoms with Crippen LogP contribution >= 0.6 is 0 Å². The molecule has 13 heteroatoms. The predicted octanol–water partition coefficient (Wildman–Crippen LogP) is -1.30. The van der Waals surface area contributed by atoms with Crippen LogP contribution in [0.5, 0.6) is 0 Å². The number of carbonyl (C=O) groups is 3. The van der Waals surface area contributed by atoms with Crippen molar-refractivity contribution in [2.45, 2.75) is 6.92 Å². The van der Waals surface area contributed by atoms with Crippen LogP contribution in [0.2, 0.25) is 0 Å². The van der Waals surface area contributed by atoms with Crippen molar-refractivity contribution < 1.29 is 66.9 Å². The van der Waals surface area contributed by atoms with Crippen molar-refractivity contribution in [2.24, 2.45) is 7.05 Å². The summed E-state index contributed by atoms with van der Waals surface area (Å²) in [5, 5.41) is 11.6. The topological polar surface area (TPSA) is 155 Å². The third-order valence-corrected chi connectivity index (χ3v) is 6.30. The molecule has 0 fully saturated rings. The lowest BCUT2D eigenvalue weighted by Gasteiger charge is -2.10. The van der Waals surface area contributed by atoms with Crippen molar-refractivity contribution in [3.63, 3.8) is 0 Å². The molecule has 0 bridgehead atoms. The summed E-state index contributed by atoms with van der Waals surface area (Å²) < 4.78 is 1.84. The second kappa shape index (κ2) is 15.9. The number of benzene rings is 3. The van der Waals surface area contributed by atoms with E-state index in [1.165, 1.54) is 0 Å². The highest BCUT2D eigenvalue weighted by molar-refractivity contribution is 6.07. The van der Waals surface area contributed by atoms with E-state index in [4.69, 9.17) is 5.73 Å². The molecule has 2 heterocycles. The van der Waals surface area contributed by atoms with Gasteiger partial charge < -0.3 is 75.0 Å². The molecule has 5 rings (SSSR count). The fourth-order valence-corrected chi connectivity index (χ4v) is 4.19. The van der Waals surface area contributed by atoms with E-state index in [1.807, 2.05) is 30.8 Å². The number of nitrogen functional groups attached to an aromatic ring is 1. The zero-order valence-electron chi connectivity index (χ0n) is 24.2. The number of halogens is 2. The molecule has 0 aliphatic rings. The second-order valence-electron chi connectivity index (χ2n) is 9.73. The van der Waals surface area contributed by atoms with E-state index < -0.39 is 0 Å². The number of nitrogens with one attached hydrogen (secondary N) is 4. The molecule has 0 spiro atoms. The minimum absolute atomic E-state index is 0. The van der Waals surface area contributed by atoms with Crippen LogP contribution < -0.4 is 79.5 Å². The summed E-state index contributed by atoms with van der Waals surface area (Å²) in [6.07, 6.45) is 3.68. The smallest absolute Gasteiger partial charge is 0.255 e. The maximum atomic E-state index is 12.8. The molecule has 0 atom stereocenters. The van der Waals surface area contributed by atoms with E-state index >= 15 is 0 Å². The Kier molecular flexibility index (Phi) is 12.3. The average molecular weight is 827 g/mol. The quantitative estimate of drug-likeness (QED) is 0.0964. The van der Waals surface area contributed by atoms with Crippen LogP contribution in [0.3, 0.4) is 0 Å². The highest BCUT2D eigenvalue weighted by atomic mass is 127. The number of nitrogens with zero attached hydrogens (tertiary/aromatic N) is 3. The number of anilines is 6. The van der Waals surface area contributed by atoms with Gasteiger partial charge in [-0.1, -0.05) is 0 Å². The van der Waals surface area contributed by atoms with E-state index in [1.54, 1.807) is 91.1 Å². The van der Waals surface area contributed by atoms with Crippen LogP contribution in [-0.4, -0.2) is 27.7 Å². The predicted molar refractivity (Wildman–Crippen MR) is 165 cm³/mol. The minimum atomic E-state index is -0.324. The molecule has 2 aromatic heterocycles. The first-order valence-corrected chi connectivity index (χ1v) is 13.3. The summed E-state index contributed by atoms with van der Waals surface area (Å²) in [4.78, 5) is 46.2. The number of hydrogen-bond acceptors (Lipinski definition) is 7. The molecule has 6 N–H and O–H groups in total. The van der Waals surface area contributed by atoms with Crippen molar-refractivity contribution in [1.29, 1.82) is 0 Å². The van der Waals surface area contributed by atoms with Crippen LogP contribution in [0.1, 0.15) is 36.8 Å². The van der Waals surface area contributed by atoms with E-state index in [-0.39, 0.29) is 71.6 Å². The summed E-state index contributed by atoms with van der Waals surface area (Å²) in [5.74, 6) is -0.135. The van der Waals surface area contributed by atoms with Gasteiger partial charge in [0, 0.05) is 51.6 Å². The largest absolute Gasteiger partial charge is 1.00 e. The molecule has 230 valence electrons. The Hall–Kier alpha value is -4.64. The molecule has 45 heavy (non-hydrogen) atoms. The molecule has 5 aromatic rings. The lowest BCUT2D eigenvalue weighted by Crippen LogP contribution is -3.00. The molecule has 0 aliphatic carbocycles. The molecule has 11 nitrogen and oxygen atoms in total. The summed E-state index contributed by atoms with van der Waals surface area (Å²) in [6.45, 7) is 1.82. The van der Waals surface area contributed by atoms with E-state index in [0.29, 0.717) is 39.6 Å². The third kappa shape index (κ3) is 9.67. The number of carbonyl (C=O) groups excluding carboxylic acids is 3. The Morgan fingerprint density at radius 2 is 1.09 bits per heavy atom. The number of aryl methyl sites for hydroxylation is 2. The first kappa shape index (κ1) is 34.8. The van der Waals surface area contributed by atoms with Crippen molar-refractivity contribution in [2.75, 3.05) is 27.0 Å². The Morgan fingerprint density at radius 3 is 1.53 bits per heavy atom. The summed E-state index contributed by atoms with van der Waals surface area (Å²) in [6, 6.07) is 25.5. The van der Waals surface area contributed by atoms with Crippen LogP contribution in [0.25, 0.3) is 0 Å². The van der Waals surface area contributed by atoms with Gasteiger partial charge in [-0.2, -0.15) is 4.98 Å². The number of pyridine rings is 1. The van der Waals surface area contributed by atoms with Crippen LogP contribution in [0.15, 0.2) is 103 Å². The van der Waals surface area contributed by atoms with Gasteiger partial charge >= 0.3 is 0 Å². The molecule has 3 amide bonds. The number of hydrogen-bond donors (Lipinski definition) is 5. The zero-order valence-corrected chi connectivity index (χ0v) is 28.5. The normalized spacial score (nSPS) is 10.0. The molecular weight excluding hydrogens is 798 g/mol. The van der Waals surface area contributed by atoms with Gasteiger partial charge in [0.1, 0.15) is 18.6 Å². The van der Waals surface area contributed by atoms with Gasteiger partial charge in [0.25, 0.3) is 17.7 Å². The van der Waals surface area contributed by atoms with Gasteiger partial charge in [-0.05, 0) is 85.8 Å². The monoisotopic (exact) mass is 827 g/mol. The third-order valence-electron chi connectivity index (χ3n) is 6.30. The SMILES string of the molecule is Cc1cc(Nc2ccc(C(=O)Nc3ccc(C(=O)Nc4ccc(C(=O)Nc5ccc[n+](C)c5)cc4)cc3)cc2)nc(N)n1.[I-].[I-]. The van der Waals surface area contributed by atoms with E-state index in [0.717, 1.165) is 11.4 Å². The Bertz CT molecular complexity index is 1780. The summed E-state index contributed by atoms with van der Waals surface area (Å²) in [7, 11) is 1.87. The number of rotatable bonds is 8. The standard InChI is InChI=1S/C32H28N8O3.2HI/c1-20-18-28(39-32(33)34-20)35-24-11-5-21(6-12-24)29(41)36-25-13-7-22(8-14-25)30(42)37-26-15-9-23(10-16-26)31(43)38-27-4-3-17-40(2)19-27;;/h3-19H,1-2H3,(H5-,33,34,35,36,37,38,39,41,42,43);2*1H/p-1. The van der Waals surface area contributed by atoms with Crippen LogP contribution in [0.4, 0.5) is 34.5 Å². The molecular formula is C32H29I2N8O3-. The fourth-order valence-electron chi connectivity index (χ4n) is 4.19. The zero-order chi connectivity index (χ0) is 30.3. The summed E-state index contributed by atoms with van der Waals surface area (Å²) >= 11 is 0. The van der Waals surface area contributed by atoms with Crippen LogP contribution in [-0.2, 0) is 7.05 Å². The molecule has 0 radical (unpaired) electrons. The van der Waals surface area contributed by atoms with Gasteiger partial charge in [0.15, 0.2) is 12.4 Å². The number of amides is 3. The molecule has 0 saturated carbocycles. The molecule has 0 unspecified atom stereocenters. The maximum Gasteiger partial charge on any atom is 0.255 e. The van der Waals surface area contributed by atoms with Crippen molar-refractivity contribution in [3.05, 3.63) is 126 Å². The van der Waals surface area contributed by atoms with Gasteiger partial charge in [-0.25, -0.2) is 9.55 Å². The van der Waals surface area contributed by atoms with Crippen molar-refractivity contribution in [3.8, 4) is 0 Å². The van der Waals surface area contributed by atoms with Gasteiger partial charge in [0.05, 0.1) is 0 Å². The Labute approximate surface area is 294 Å². The van der Waals surface area contributed by atoms with Gasteiger partial charge in [0.2, 0.25) is 5.95 Å². The minimum Gasteiger partial charge on any atom is -1.00 e. The first-order chi connectivity index (χ1) is 20.7. The number of aromatic nitrogens is 3.